The zero-order valence-electron chi connectivity index (χ0n) is 13.3. The molecule has 1 N–H and O–H groups in total. The van der Waals surface area contributed by atoms with Crippen molar-refractivity contribution in [2.75, 3.05) is 7.05 Å². The van der Waals surface area contributed by atoms with E-state index in [1.54, 1.807) is 13.1 Å². The Bertz CT molecular complexity index is 620. The van der Waals surface area contributed by atoms with E-state index < -0.39 is 0 Å². The van der Waals surface area contributed by atoms with Crippen molar-refractivity contribution in [3.63, 3.8) is 0 Å². The van der Waals surface area contributed by atoms with Gasteiger partial charge in [-0.1, -0.05) is 24.2 Å². The lowest BCUT2D eigenvalue weighted by Crippen LogP contribution is -2.36. The van der Waals surface area contributed by atoms with Gasteiger partial charge in [0.25, 0.3) is 0 Å². The van der Waals surface area contributed by atoms with E-state index in [2.05, 4.69) is 34.5 Å². The molecule has 8 nitrogen and oxygen atoms in total. The summed E-state index contributed by atoms with van der Waals surface area (Å²) < 4.78 is 10.2. The Morgan fingerprint density at radius 3 is 2.77 bits per heavy atom. The highest BCUT2D eigenvalue weighted by Gasteiger charge is 2.14. The van der Waals surface area contributed by atoms with Gasteiger partial charge in [0.1, 0.15) is 0 Å². The number of nitrogens with one attached hydrogen (secondary N) is 1. The first kappa shape index (κ1) is 16.0. The van der Waals surface area contributed by atoms with Gasteiger partial charge in [0, 0.05) is 19.5 Å². The number of hydrogen-bond acceptors (Lipinski definition) is 6. The number of rotatable bonds is 6. The van der Waals surface area contributed by atoms with Crippen LogP contribution in [0.3, 0.4) is 0 Å². The molecule has 0 unspecified atom stereocenters. The average molecular weight is 307 g/mol. The highest BCUT2D eigenvalue weighted by atomic mass is 16.5. The van der Waals surface area contributed by atoms with Gasteiger partial charge in [-0.3, -0.25) is 0 Å². The lowest BCUT2D eigenvalue weighted by atomic mass is 10.1. The lowest BCUT2D eigenvalue weighted by molar-refractivity contribution is 0.203. The van der Waals surface area contributed by atoms with Gasteiger partial charge in [-0.25, -0.2) is 4.79 Å². The van der Waals surface area contributed by atoms with Crippen LogP contribution in [0.15, 0.2) is 15.1 Å². The maximum atomic E-state index is 12.0. The number of aryl methyl sites for hydroxylation is 1. The summed E-state index contributed by atoms with van der Waals surface area (Å²) in [5.41, 5.74) is 0.780. The Morgan fingerprint density at radius 1 is 1.36 bits per heavy atom. The quantitative estimate of drug-likeness (QED) is 0.875. The van der Waals surface area contributed by atoms with Crippen molar-refractivity contribution in [2.24, 2.45) is 5.92 Å². The van der Waals surface area contributed by atoms with Crippen LogP contribution in [-0.2, 0) is 19.5 Å². The SMILES string of the molecule is Cc1cc(CNC(=O)N(C)Cc2noc(CC(C)C)n2)on1. The first-order chi connectivity index (χ1) is 10.4. The molecule has 0 atom stereocenters. The summed E-state index contributed by atoms with van der Waals surface area (Å²) in [6.45, 7) is 6.55. The summed E-state index contributed by atoms with van der Waals surface area (Å²) in [7, 11) is 1.67. The third-order valence-electron chi connectivity index (χ3n) is 2.91. The van der Waals surface area contributed by atoms with Crippen LogP contribution < -0.4 is 5.32 Å². The van der Waals surface area contributed by atoms with Gasteiger partial charge in [-0.15, -0.1) is 0 Å². The zero-order valence-corrected chi connectivity index (χ0v) is 13.3. The predicted molar refractivity (Wildman–Crippen MR) is 77.8 cm³/mol. The van der Waals surface area contributed by atoms with Gasteiger partial charge in [-0.2, -0.15) is 4.98 Å². The van der Waals surface area contributed by atoms with Crippen molar-refractivity contribution in [1.82, 2.24) is 25.5 Å². The summed E-state index contributed by atoms with van der Waals surface area (Å²) in [5, 5.41) is 10.4. The van der Waals surface area contributed by atoms with E-state index in [1.165, 1.54) is 4.90 Å². The molecule has 0 aliphatic heterocycles. The minimum atomic E-state index is -0.246. The smallest absolute Gasteiger partial charge is 0.317 e. The van der Waals surface area contributed by atoms with Crippen molar-refractivity contribution in [2.45, 2.75) is 40.3 Å². The van der Waals surface area contributed by atoms with E-state index in [9.17, 15) is 4.79 Å². The van der Waals surface area contributed by atoms with Crippen molar-refractivity contribution in [3.8, 4) is 0 Å². The lowest BCUT2D eigenvalue weighted by Gasteiger charge is -2.15. The molecule has 0 bridgehead atoms. The van der Waals surface area contributed by atoms with E-state index in [4.69, 9.17) is 9.05 Å². The molecule has 2 aromatic rings. The maximum absolute atomic E-state index is 12.0. The maximum Gasteiger partial charge on any atom is 0.317 e. The molecule has 0 aliphatic rings. The molecular weight excluding hydrogens is 286 g/mol. The molecule has 2 heterocycles. The molecule has 0 aliphatic carbocycles. The summed E-state index contributed by atoms with van der Waals surface area (Å²) in [5.74, 6) is 2.14. The van der Waals surface area contributed by atoms with Crippen molar-refractivity contribution >= 4 is 6.03 Å². The third-order valence-corrected chi connectivity index (χ3v) is 2.91. The van der Waals surface area contributed by atoms with Crippen molar-refractivity contribution in [1.29, 1.82) is 0 Å². The molecule has 2 rings (SSSR count). The minimum Gasteiger partial charge on any atom is -0.359 e. The molecular formula is C14H21N5O3. The second kappa shape index (κ2) is 7.06. The molecule has 0 radical (unpaired) electrons. The topological polar surface area (TPSA) is 97.3 Å². The summed E-state index contributed by atoms with van der Waals surface area (Å²) in [6, 6.07) is 1.53. The number of urea groups is 1. The highest BCUT2D eigenvalue weighted by Crippen LogP contribution is 2.07. The number of hydrogen-bond donors (Lipinski definition) is 1. The fourth-order valence-corrected chi connectivity index (χ4v) is 1.87. The van der Waals surface area contributed by atoms with E-state index in [0.717, 1.165) is 12.1 Å². The van der Waals surface area contributed by atoms with Crippen LogP contribution in [0.2, 0.25) is 0 Å². The molecule has 2 amide bonds. The third kappa shape index (κ3) is 4.57. The van der Waals surface area contributed by atoms with Crippen molar-refractivity contribution < 1.29 is 13.8 Å². The average Bonchev–Trinajstić information content (AvgIpc) is 3.04. The summed E-state index contributed by atoms with van der Waals surface area (Å²) in [6.07, 6.45) is 0.730. The molecule has 0 spiro atoms. The van der Waals surface area contributed by atoms with E-state index in [1.807, 2.05) is 6.92 Å². The van der Waals surface area contributed by atoms with Gasteiger partial charge in [0.15, 0.2) is 11.6 Å². The summed E-state index contributed by atoms with van der Waals surface area (Å²) in [4.78, 5) is 17.7. The zero-order chi connectivity index (χ0) is 16.1. The number of carbonyl (C=O) groups is 1. The van der Waals surface area contributed by atoms with Crippen LogP contribution in [0.5, 0.6) is 0 Å². The van der Waals surface area contributed by atoms with E-state index >= 15 is 0 Å². The van der Waals surface area contributed by atoms with Crippen LogP contribution in [0.1, 0.15) is 37.0 Å². The number of nitrogens with zero attached hydrogens (tertiary/aromatic N) is 4. The van der Waals surface area contributed by atoms with Crippen LogP contribution in [0.25, 0.3) is 0 Å². The fourth-order valence-electron chi connectivity index (χ4n) is 1.87. The Morgan fingerprint density at radius 2 is 2.14 bits per heavy atom. The van der Waals surface area contributed by atoms with Crippen LogP contribution in [-0.4, -0.2) is 33.3 Å². The standard InChI is InChI=1S/C14H21N5O3/c1-9(2)5-13-16-12(18-22-13)8-19(4)14(20)15-7-11-6-10(3)17-21-11/h6,9H,5,7-8H2,1-4H3,(H,15,20). The van der Waals surface area contributed by atoms with Crippen LogP contribution >= 0.6 is 0 Å². The van der Waals surface area contributed by atoms with E-state index in [0.29, 0.717) is 23.4 Å². The first-order valence-corrected chi connectivity index (χ1v) is 7.16. The Labute approximate surface area is 128 Å². The van der Waals surface area contributed by atoms with Crippen molar-refractivity contribution in [3.05, 3.63) is 29.2 Å². The Hall–Kier alpha value is -2.38. The fraction of sp³-hybridized carbons (Fsp3) is 0.571. The van der Waals surface area contributed by atoms with Gasteiger partial charge in [-0.05, 0) is 12.8 Å². The minimum absolute atomic E-state index is 0.246. The second-order valence-electron chi connectivity index (χ2n) is 5.65. The van der Waals surface area contributed by atoms with Gasteiger partial charge < -0.3 is 19.3 Å². The molecule has 2 aromatic heterocycles. The molecule has 0 saturated heterocycles. The van der Waals surface area contributed by atoms with E-state index in [-0.39, 0.29) is 19.1 Å². The highest BCUT2D eigenvalue weighted by molar-refractivity contribution is 5.73. The second-order valence-corrected chi connectivity index (χ2v) is 5.65. The normalized spacial score (nSPS) is 11.0. The Kier molecular flexibility index (Phi) is 5.13. The summed E-state index contributed by atoms with van der Waals surface area (Å²) >= 11 is 0. The van der Waals surface area contributed by atoms with Crippen LogP contribution in [0.4, 0.5) is 4.79 Å². The molecule has 0 fully saturated rings. The largest absolute Gasteiger partial charge is 0.359 e. The molecule has 0 saturated carbocycles. The molecule has 22 heavy (non-hydrogen) atoms. The Balaban J connectivity index is 1.81. The first-order valence-electron chi connectivity index (χ1n) is 7.16. The number of carbonyl (C=O) groups excluding carboxylic acids is 1. The van der Waals surface area contributed by atoms with Gasteiger partial charge in [0.2, 0.25) is 5.89 Å². The van der Waals surface area contributed by atoms with Gasteiger partial charge in [0.05, 0.1) is 18.8 Å². The number of aromatic nitrogens is 3. The predicted octanol–water partition coefficient (Wildman–Crippen LogP) is 1.91. The monoisotopic (exact) mass is 307 g/mol. The number of amides is 2. The molecule has 0 aromatic carbocycles. The van der Waals surface area contributed by atoms with Crippen LogP contribution in [0, 0.1) is 12.8 Å². The molecule has 120 valence electrons. The van der Waals surface area contributed by atoms with Gasteiger partial charge >= 0.3 is 6.03 Å². The molecule has 8 heteroatoms.